The van der Waals surface area contributed by atoms with Crippen LogP contribution in [0.3, 0.4) is 0 Å². The molecule has 1 saturated heterocycles. The Bertz CT molecular complexity index is 802. The van der Waals surface area contributed by atoms with Gasteiger partial charge in [0.1, 0.15) is 11.6 Å². The fraction of sp³-hybridized carbons (Fsp3) is 0.412. The molecular weight excluding hydrogens is 347 g/mol. The highest BCUT2D eigenvalue weighted by molar-refractivity contribution is 7.89. The van der Waals surface area contributed by atoms with Crippen LogP contribution in [-0.2, 0) is 14.8 Å². The first kappa shape index (κ1) is 18.1. The van der Waals surface area contributed by atoms with Crippen molar-refractivity contribution in [2.24, 2.45) is 0 Å². The van der Waals surface area contributed by atoms with E-state index in [9.17, 15) is 12.8 Å². The number of halogens is 1. The molecule has 6 nitrogen and oxygen atoms in total. The molecule has 2 aromatic rings. The van der Waals surface area contributed by atoms with Crippen molar-refractivity contribution in [2.75, 3.05) is 32.8 Å². The van der Waals surface area contributed by atoms with Gasteiger partial charge in [0.05, 0.1) is 30.4 Å². The van der Waals surface area contributed by atoms with E-state index in [1.807, 2.05) is 6.07 Å². The standard InChI is InChI=1S/C17H21FN2O4S/c1-13-11-14(18)4-5-17(13)25(21,22)19-12-15(16-3-2-8-24-16)20-6-9-23-10-7-20/h2-5,8,11,15,19H,6-7,9-10,12H2,1H3. The Hall–Kier alpha value is -1.74. The number of ether oxygens (including phenoxy) is 1. The SMILES string of the molecule is Cc1cc(F)ccc1S(=O)(=O)NCC(c1ccco1)N1CCOCC1. The molecule has 0 amide bonds. The minimum absolute atomic E-state index is 0.0778. The van der Waals surface area contributed by atoms with Crippen molar-refractivity contribution in [1.82, 2.24) is 9.62 Å². The lowest BCUT2D eigenvalue weighted by molar-refractivity contribution is 0.0128. The zero-order valence-electron chi connectivity index (χ0n) is 13.9. The number of furan rings is 1. The second-order valence-corrected chi connectivity index (χ2v) is 7.68. The summed E-state index contributed by atoms with van der Waals surface area (Å²) < 4.78 is 51.9. The molecule has 3 rings (SSSR count). The molecule has 2 heterocycles. The summed E-state index contributed by atoms with van der Waals surface area (Å²) in [5, 5.41) is 0. The number of hydrogen-bond donors (Lipinski definition) is 1. The second kappa shape index (κ2) is 7.65. The van der Waals surface area contributed by atoms with E-state index >= 15 is 0 Å². The van der Waals surface area contributed by atoms with Crippen LogP contribution in [0.15, 0.2) is 45.9 Å². The van der Waals surface area contributed by atoms with Crippen LogP contribution in [-0.4, -0.2) is 46.2 Å². The van der Waals surface area contributed by atoms with Crippen molar-refractivity contribution in [3.63, 3.8) is 0 Å². The lowest BCUT2D eigenvalue weighted by Gasteiger charge is -2.33. The molecule has 1 N–H and O–H groups in total. The molecule has 0 bridgehead atoms. The summed E-state index contributed by atoms with van der Waals surface area (Å²) >= 11 is 0. The summed E-state index contributed by atoms with van der Waals surface area (Å²) in [5.41, 5.74) is 0.369. The van der Waals surface area contributed by atoms with Gasteiger partial charge in [-0.1, -0.05) is 0 Å². The Morgan fingerprint density at radius 1 is 1.28 bits per heavy atom. The zero-order chi connectivity index (χ0) is 17.9. The number of morpholine rings is 1. The topological polar surface area (TPSA) is 71.8 Å². The first-order valence-electron chi connectivity index (χ1n) is 8.08. The number of aryl methyl sites for hydroxylation is 1. The predicted octanol–water partition coefficient (Wildman–Crippen LogP) is 2.08. The highest BCUT2D eigenvalue weighted by Crippen LogP contribution is 2.23. The maximum Gasteiger partial charge on any atom is 0.240 e. The lowest BCUT2D eigenvalue weighted by atomic mass is 10.2. The molecule has 1 atom stereocenters. The molecule has 8 heteroatoms. The Balaban J connectivity index is 1.78. The van der Waals surface area contributed by atoms with Gasteiger partial charge < -0.3 is 9.15 Å². The van der Waals surface area contributed by atoms with Gasteiger partial charge in [0.2, 0.25) is 10.0 Å². The van der Waals surface area contributed by atoms with E-state index in [0.717, 1.165) is 6.07 Å². The van der Waals surface area contributed by atoms with Gasteiger partial charge >= 0.3 is 0 Å². The molecule has 25 heavy (non-hydrogen) atoms. The predicted molar refractivity (Wildman–Crippen MR) is 90.2 cm³/mol. The van der Waals surface area contributed by atoms with E-state index in [-0.39, 0.29) is 17.5 Å². The van der Waals surface area contributed by atoms with Gasteiger partial charge in [-0.05, 0) is 42.8 Å². The van der Waals surface area contributed by atoms with Gasteiger partial charge in [-0.25, -0.2) is 17.5 Å². The third-order valence-electron chi connectivity index (χ3n) is 4.25. The Labute approximate surface area is 146 Å². The van der Waals surface area contributed by atoms with E-state index < -0.39 is 15.8 Å². The van der Waals surface area contributed by atoms with Crippen LogP contribution in [0.4, 0.5) is 4.39 Å². The molecule has 136 valence electrons. The third kappa shape index (κ3) is 4.27. The fourth-order valence-electron chi connectivity index (χ4n) is 2.96. The summed E-state index contributed by atoms with van der Waals surface area (Å²) in [6.07, 6.45) is 1.57. The second-order valence-electron chi connectivity index (χ2n) is 5.94. The van der Waals surface area contributed by atoms with Gasteiger partial charge in [0.25, 0.3) is 0 Å². The number of sulfonamides is 1. The lowest BCUT2D eigenvalue weighted by Crippen LogP contribution is -2.43. The molecule has 1 aromatic heterocycles. The Kier molecular flexibility index (Phi) is 5.53. The maximum atomic E-state index is 13.2. The van der Waals surface area contributed by atoms with Crippen molar-refractivity contribution < 1.29 is 22.0 Å². The molecule has 0 aliphatic carbocycles. The van der Waals surface area contributed by atoms with Gasteiger partial charge in [0, 0.05) is 19.6 Å². The van der Waals surface area contributed by atoms with Gasteiger partial charge in [-0.15, -0.1) is 0 Å². The molecule has 0 radical (unpaired) electrons. The van der Waals surface area contributed by atoms with Crippen LogP contribution in [0.2, 0.25) is 0 Å². The first-order chi connectivity index (χ1) is 12.0. The monoisotopic (exact) mass is 368 g/mol. The van der Waals surface area contributed by atoms with Crippen molar-refractivity contribution in [1.29, 1.82) is 0 Å². The van der Waals surface area contributed by atoms with Crippen molar-refractivity contribution in [2.45, 2.75) is 17.9 Å². The van der Waals surface area contributed by atoms with Crippen LogP contribution >= 0.6 is 0 Å². The van der Waals surface area contributed by atoms with Crippen LogP contribution in [0, 0.1) is 12.7 Å². The van der Waals surface area contributed by atoms with E-state index in [1.165, 1.54) is 12.1 Å². The minimum Gasteiger partial charge on any atom is -0.468 e. The number of nitrogens with one attached hydrogen (secondary N) is 1. The van der Waals surface area contributed by atoms with Crippen molar-refractivity contribution in [3.8, 4) is 0 Å². The molecule has 1 aromatic carbocycles. The molecule has 1 fully saturated rings. The van der Waals surface area contributed by atoms with Gasteiger partial charge in [0.15, 0.2) is 0 Å². The van der Waals surface area contributed by atoms with Crippen molar-refractivity contribution in [3.05, 3.63) is 53.7 Å². The van der Waals surface area contributed by atoms with E-state index in [1.54, 1.807) is 19.3 Å². The fourth-order valence-corrected chi connectivity index (χ4v) is 4.22. The summed E-state index contributed by atoms with van der Waals surface area (Å²) in [4.78, 5) is 2.21. The quantitative estimate of drug-likeness (QED) is 0.845. The van der Waals surface area contributed by atoms with Gasteiger partial charge in [-0.3, -0.25) is 4.90 Å². The molecule has 1 aliphatic rings. The molecule has 1 aliphatic heterocycles. The van der Waals surface area contributed by atoms with E-state index in [4.69, 9.17) is 9.15 Å². The van der Waals surface area contributed by atoms with Crippen molar-refractivity contribution >= 4 is 10.0 Å². The number of benzene rings is 1. The number of rotatable bonds is 6. The highest BCUT2D eigenvalue weighted by atomic mass is 32.2. The Morgan fingerprint density at radius 2 is 2.04 bits per heavy atom. The first-order valence-corrected chi connectivity index (χ1v) is 9.57. The summed E-state index contributed by atoms with van der Waals surface area (Å²) in [7, 11) is -3.75. The highest BCUT2D eigenvalue weighted by Gasteiger charge is 2.27. The molecule has 0 saturated carbocycles. The zero-order valence-corrected chi connectivity index (χ0v) is 14.8. The third-order valence-corrected chi connectivity index (χ3v) is 5.84. The molecule has 0 spiro atoms. The smallest absolute Gasteiger partial charge is 0.240 e. The Morgan fingerprint density at radius 3 is 2.68 bits per heavy atom. The summed E-state index contributed by atoms with van der Waals surface area (Å²) in [6, 6.07) is 7.02. The van der Waals surface area contributed by atoms with E-state index in [0.29, 0.717) is 37.6 Å². The average Bonchev–Trinajstić information content (AvgIpc) is 3.10. The van der Waals surface area contributed by atoms with E-state index in [2.05, 4.69) is 9.62 Å². The van der Waals surface area contributed by atoms with Crippen LogP contribution in [0.1, 0.15) is 17.4 Å². The number of hydrogen-bond acceptors (Lipinski definition) is 5. The summed E-state index contributed by atoms with van der Waals surface area (Å²) in [5.74, 6) is 0.235. The van der Waals surface area contributed by atoms with Crippen LogP contribution in [0.5, 0.6) is 0 Å². The van der Waals surface area contributed by atoms with Gasteiger partial charge in [-0.2, -0.15) is 0 Å². The minimum atomic E-state index is -3.75. The van der Waals surface area contributed by atoms with Crippen LogP contribution in [0.25, 0.3) is 0 Å². The largest absolute Gasteiger partial charge is 0.468 e. The average molecular weight is 368 g/mol. The number of nitrogens with zero attached hydrogens (tertiary/aromatic N) is 1. The normalized spacial score (nSPS) is 17.5. The summed E-state index contributed by atoms with van der Waals surface area (Å²) in [6.45, 7) is 4.32. The van der Waals surface area contributed by atoms with Crippen LogP contribution < -0.4 is 4.72 Å². The maximum absolute atomic E-state index is 13.2. The molecule has 1 unspecified atom stereocenters. The molecular formula is C17H21FN2O4S.